The van der Waals surface area contributed by atoms with Crippen LogP contribution in [0.15, 0.2) is 18.2 Å². The quantitative estimate of drug-likeness (QED) is 0.379. The number of ether oxygens (including phenoxy) is 1. The standard InChI is InChI=1S/C13H4Cl5F3O/c14-7-6(8(15)10(17)11(18)9(7)16)4-2-1-3-5(12(4)19)22-13(20)21/h1-3,13H. The number of halogens is 8. The molecule has 0 saturated carbocycles. The lowest BCUT2D eigenvalue weighted by molar-refractivity contribution is -0.0521. The van der Waals surface area contributed by atoms with Crippen LogP contribution in [-0.4, -0.2) is 6.61 Å². The molecule has 1 nitrogen and oxygen atoms in total. The van der Waals surface area contributed by atoms with Gasteiger partial charge in [-0.15, -0.1) is 0 Å². The highest BCUT2D eigenvalue weighted by atomic mass is 35.5. The molecule has 0 aliphatic carbocycles. The highest BCUT2D eigenvalue weighted by Gasteiger charge is 2.24. The van der Waals surface area contributed by atoms with Crippen LogP contribution in [0.2, 0.25) is 25.1 Å². The van der Waals surface area contributed by atoms with Gasteiger partial charge in [0.05, 0.1) is 25.1 Å². The highest BCUT2D eigenvalue weighted by Crippen LogP contribution is 2.49. The van der Waals surface area contributed by atoms with Crippen molar-refractivity contribution in [3.63, 3.8) is 0 Å². The minimum atomic E-state index is -3.19. The molecule has 22 heavy (non-hydrogen) atoms. The third kappa shape index (κ3) is 3.22. The van der Waals surface area contributed by atoms with Crippen molar-refractivity contribution in [2.75, 3.05) is 0 Å². The van der Waals surface area contributed by atoms with Gasteiger partial charge in [0.1, 0.15) is 0 Å². The molecule has 0 heterocycles. The Labute approximate surface area is 148 Å². The number of hydrogen-bond donors (Lipinski definition) is 0. The van der Waals surface area contributed by atoms with Crippen LogP contribution < -0.4 is 4.74 Å². The van der Waals surface area contributed by atoms with Gasteiger partial charge in [0, 0.05) is 11.1 Å². The monoisotopic (exact) mass is 408 g/mol. The molecule has 118 valence electrons. The normalized spacial score (nSPS) is 11.1. The molecule has 2 rings (SSSR count). The third-order valence-corrected chi connectivity index (χ3v) is 4.94. The number of benzene rings is 2. The van der Waals surface area contributed by atoms with E-state index in [2.05, 4.69) is 4.74 Å². The molecule has 0 amide bonds. The van der Waals surface area contributed by atoms with E-state index < -0.39 is 18.2 Å². The Hall–Kier alpha value is -0.520. The fraction of sp³-hybridized carbons (Fsp3) is 0.0769. The van der Waals surface area contributed by atoms with Crippen LogP contribution >= 0.6 is 58.0 Å². The molecule has 0 atom stereocenters. The van der Waals surface area contributed by atoms with Crippen molar-refractivity contribution in [1.29, 1.82) is 0 Å². The number of hydrogen-bond acceptors (Lipinski definition) is 1. The second-order valence-electron chi connectivity index (χ2n) is 3.94. The van der Waals surface area contributed by atoms with Gasteiger partial charge in [-0.25, -0.2) is 4.39 Å². The van der Waals surface area contributed by atoms with Gasteiger partial charge in [-0.3, -0.25) is 0 Å². The molecule has 0 N–H and O–H groups in total. The molecule has 0 unspecified atom stereocenters. The van der Waals surface area contributed by atoms with Crippen molar-refractivity contribution in [1.82, 2.24) is 0 Å². The molecule has 0 aliphatic heterocycles. The Kier molecular flexibility index (Phi) is 5.62. The average Bonchev–Trinajstić information content (AvgIpc) is 2.46. The van der Waals surface area contributed by atoms with Crippen molar-refractivity contribution < 1.29 is 17.9 Å². The Morgan fingerprint density at radius 2 is 1.32 bits per heavy atom. The van der Waals surface area contributed by atoms with E-state index >= 15 is 0 Å². The summed E-state index contributed by atoms with van der Waals surface area (Å²) in [7, 11) is 0. The molecule has 0 aromatic heterocycles. The van der Waals surface area contributed by atoms with Gasteiger partial charge < -0.3 is 4.74 Å². The third-order valence-electron chi connectivity index (χ3n) is 2.66. The van der Waals surface area contributed by atoms with Crippen LogP contribution in [0, 0.1) is 5.82 Å². The van der Waals surface area contributed by atoms with E-state index in [1.54, 1.807) is 0 Å². The van der Waals surface area contributed by atoms with Gasteiger partial charge in [0.2, 0.25) is 0 Å². The first kappa shape index (κ1) is 17.8. The van der Waals surface area contributed by atoms with Crippen LogP contribution in [0.3, 0.4) is 0 Å². The molecular formula is C13H4Cl5F3O. The van der Waals surface area contributed by atoms with Gasteiger partial charge in [0.25, 0.3) is 0 Å². The van der Waals surface area contributed by atoms with Crippen LogP contribution in [0.25, 0.3) is 11.1 Å². The summed E-state index contributed by atoms with van der Waals surface area (Å²) in [5.74, 6) is -1.75. The zero-order valence-corrected chi connectivity index (χ0v) is 14.0. The summed E-state index contributed by atoms with van der Waals surface area (Å²) in [4.78, 5) is 0. The van der Waals surface area contributed by atoms with Crippen molar-refractivity contribution in [2.45, 2.75) is 6.61 Å². The summed E-state index contributed by atoms with van der Waals surface area (Å²) in [5.41, 5.74) is -0.270. The zero-order chi connectivity index (χ0) is 16.6. The van der Waals surface area contributed by atoms with Gasteiger partial charge in [-0.05, 0) is 6.07 Å². The lowest BCUT2D eigenvalue weighted by Crippen LogP contribution is -2.04. The number of rotatable bonds is 3. The molecule has 0 saturated heterocycles. The van der Waals surface area contributed by atoms with Gasteiger partial charge >= 0.3 is 6.61 Å². The lowest BCUT2D eigenvalue weighted by Gasteiger charge is -2.15. The summed E-state index contributed by atoms with van der Waals surface area (Å²) < 4.78 is 43.0. The molecule has 0 bridgehead atoms. The Morgan fingerprint density at radius 1 is 0.818 bits per heavy atom. The maximum Gasteiger partial charge on any atom is 0.387 e. The Bertz CT molecular complexity index is 707. The van der Waals surface area contributed by atoms with E-state index in [1.807, 2.05) is 0 Å². The summed E-state index contributed by atoms with van der Waals surface area (Å²) >= 11 is 29.7. The van der Waals surface area contributed by atoms with Crippen molar-refractivity contribution >= 4 is 58.0 Å². The number of alkyl halides is 2. The zero-order valence-electron chi connectivity index (χ0n) is 10.2. The first-order valence-electron chi connectivity index (χ1n) is 5.50. The maximum atomic E-state index is 14.3. The molecule has 0 aliphatic rings. The Balaban J connectivity index is 2.73. The Morgan fingerprint density at radius 3 is 1.82 bits per heavy atom. The SMILES string of the molecule is Fc1c(OC(F)F)cccc1-c1c(Cl)c(Cl)c(Cl)c(Cl)c1Cl. The summed E-state index contributed by atoms with van der Waals surface area (Å²) in [6.45, 7) is -3.19. The largest absolute Gasteiger partial charge is 0.432 e. The smallest absolute Gasteiger partial charge is 0.387 e. The second kappa shape index (κ2) is 6.93. The minimum Gasteiger partial charge on any atom is -0.432 e. The summed E-state index contributed by atoms with van der Waals surface area (Å²) in [6.07, 6.45) is 0. The highest BCUT2D eigenvalue weighted by molar-refractivity contribution is 6.56. The summed E-state index contributed by atoms with van der Waals surface area (Å²) in [5, 5.41) is -0.676. The topological polar surface area (TPSA) is 9.23 Å². The molecule has 2 aromatic carbocycles. The van der Waals surface area contributed by atoms with Crippen LogP contribution in [0.5, 0.6) is 5.75 Å². The molecule has 9 heteroatoms. The first-order chi connectivity index (χ1) is 10.3. The van der Waals surface area contributed by atoms with E-state index in [0.717, 1.165) is 6.07 Å². The van der Waals surface area contributed by atoms with Crippen LogP contribution in [0.4, 0.5) is 13.2 Å². The van der Waals surface area contributed by atoms with E-state index in [-0.39, 0.29) is 36.2 Å². The molecule has 2 aromatic rings. The second-order valence-corrected chi connectivity index (χ2v) is 5.83. The van der Waals surface area contributed by atoms with E-state index in [4.69, 9.17) is 58.0 Å². The van der Waals surface area contributed by atoms with Crippen LogP contribution in [-0.2, 0) is 0 Å². The predicted molar refractivity (Wildman–Crippen MR) is 83.5 cm³/mol. The van der Waals surface area contributed by atoms with Crippen molar-refractivity contribution in [2.24, 2.45) is 0 Å². The fourth-order valence-electron chi connectivity index (χ4n) is 1.73. The van der Waals surface area contributed by atoms with Gasteiger partial charge in [-0.2, -0.15) is 8.78 Å². The molecular weight excluding hydrogens is 406 g/mol. The van der Waals surface area contributed by atoms with Crippen molar-refractivity contribution in [3.05, 3.63) is 49.1 Å². The molecule has 0 spiro atoms. The predicted octanol–water partition coefficient (Wildman–Crippen LogP) is 7.36. The molecule has 0 radical (unpaired) electrons. The van der Waals surface area contributed by atoms with E-state index in [9.17, 15) is 13.2 Å². The van der Waals surface area contributed by atoms with E-state index in [1.165, 1.54) is 12.1 Å². The summed E-state index contributed by atoms with van der Waals surface area (Å²) in [6, 6.07) is 3.59. The molecule has 0 fully saturated rings. The average molecular weight is 410 g/mol. The van der Waals surface area contributed by atoms with E-state index in [0.29, 0.717) is 0 Å². The van der Waals surface area contributed by atoms with Gasteiger partial charge in [0.15, 0.2) is 11.6 Å². The lowest BCUT2D eigenvalue weighted by atomic mass is 10.0. The minimum absolute atomic E-state index is 0.0695. The first-order valence-corrected chi connectivity index (χ1v) is 7.39. The van der Waals surface area contributed by atoms with Crippen LogP contribution in [0.1, 0.15) is 0 Å². The van der Waals surface area contributed by atoms with Crippen molar-refractivity contribution in [3.8, 4) is 16.9 Å². The van der Waals surface area contributed by atoms with Gasteiger partial charge in [-0.1, -0.05) is 70.1 Å². The maximum absolute atomic E-state index is 14.3. The fourth-order valence-corrected chi connectivity index (χ4v) is 3.07.